The smallest absolute Gasteiger partial charge is 0.0911 e. The Labute approximate surface area is 92.8 Å². The standard InChI is InChI=1S/C11H15BrFN/c1-2-9-8-10(12)4-5-11(9)14-7-3-6-13/h4-5,8,14H,2-3,6-7H2,1H3. The molecule has 1 nitrogen and oxygen atoms in total. The van der Waals surface area contributed by atoms with Gasteiger partial charge in [-0.05, 0) is 36.6 Å². The molecule has 1 aromatic carbocycles. The Kier molecular flexibility index (Phi) is 4.94. The van der Waals surface area contributed by atoms with Gasteiger partial charge >= 0.3 is 0 Å². The highest BCUT2D eigenvalue weighted by molar-refractivity contribution is 9.10. The summed E-state index contributed by atoms with van der Waals surface area (Å²) < 4.78 is 13.0. The Bertz CT molecular complexity index is 289. The molecule has 0 fully saturated rings. The van der Waals surface area contributed by atoms with Crippen LogP contribution in [-0.2, 0) is 6.42 Å². The summed E-state index contributed by atoms with van der Waals surface area (Å²) in [5.74, 6) is 0. The average Bonchev–Trinajstić information content (AvgIpc) is 2.20. The first-order chi connectivity index (χ1) is 6.77. The van der Waals surface area contributed by atoms with Crippen molar-refractivity contribution in [3.8, 4) is 0 Å². The van der Waals surface area contributed by atoms with E-state index in [9.17, 15) is 4.39 Å². The van der Waals surface area contributed by atoms with E-state index >= 15 is 0 Å². The summed E-state index contributed by atoms with van der Waals surface area (Å²) in [5, 5.41) is 3.23. The second kappa shape index (κ2) is 6.02. The summed E-state index contributed by atoms with van der Waals surface area (Å²) in [6.07, 6.45) is 1.55. The second-order valence-electron chi connectivity index (χ2n) is 3.12. The number of halogens is 2. The number of rotatable bonds is 5. The molecule has 78 valence electrons. The molecule has 0 aliphatic rings. The van der Waals surface area contributed by atoms with Crippen molar-refractivity contribution in [2.75, 3.05) is 18.5 Å². The van der Waals surface area contributed by atoms with Crippen molar-refractivity contribution in [2.24, 2.45) is 0 Å². The molecular formula is C11H15BrFN. The summed E-state index contributed by atoms with van der Waals surface area (Å²) in [6, 6.07) is 6.12. The summed E-state index contributed by atoms with van der Waals surface area (Å²) >= 11 is 3.43. The quantitative estimate of drug-likeness (QED) is 0.794. The number of hydrogen-bond acceptors (Lipinski definition) is 1. The van der Waals surface area contributed by atoms with Gasteiger partial charge in [-0.1, -0.05) is 22.9 Å². The Morgan fingerprint density at radius 1 is 1.43 bits per heavy atom. The monoisotopic (exact) mass is 259 g/mol. The molecule has 1 rings (SSSR count). The van der Waals surface area contributed by atoms with E-state index in [-0.39, 0.29) is 6.67 Å². The maximum Gasteiger partial charge on any atom is 0.0911 e. The fraction of sp³-hybridized carbons (Fsp3) is 0.455. The number of alkyl halides is 1. The van der Waals surface area contributed by atoms with Crippen molar-refractivity contribution in [1.29, 1.82) is 0 Å². The third-order valence-electron chi connectivity index (χ3n) is 2.07. The van der Waals surface area contributed by atoms with Crippen LogP contribution in [0.1, 0.15) is 18.9 Å². The Balaban J connectivity index is 2.65. The van der Waals surface area contributed by atoms with Crippen LogP contribution in [0.2, 0.25) is 0 Å². The molecular weight excluding hydrogens is 245 g/mol. The van der Waals surface area contributed by atoms with Gasteiger partial charge in [0.1, 0.15) is 0 Å². The van der Waals surface area contributed by atoms with Crippen LogP contribution in [0.4, 0.5) is 10.1 Å². The van der Waals surface area contributed by atoms with Gasteiger partial charge in [0.2, 0.25) is 0 Å². The van der Waals surface area contributed by atoms with Crippen LogP contribution in [0.25, 0.3) is 0 Å². The fourth-order valence-electron chi connectivity index (χ4n) is 1.32. The minimum Gasteiger partial charge on any atom is -0.385 e. The van der Waals surface area contributed by atoms with E-state index < -0.39 is 0 Å². The molecule has 0 heterocycles. The zero-order valence-electron chi connectivity index (χ0n) is 8.32. The van der Waals surface area contributed by atoms with Crippen molar-refractivity contribution in [2.45, 2.75) is 19.8 Å². The van der Waals surface area contributed by atoms with Crippen molar-refractivity contribution in [3.05, 3.63) is 28.2 Å². The SMILES string of the molecule is CCc1cc(Br)ccc1NCCCF. The second-order valence-corrected chi connectivity index (χ2v) is 4.04. The van der Waals surface area contributed by atoms with Crippen molar-refractivity contribution in [3.63, 3.8) is 0 Å². The van der Waals surface area contributed by atoms with Gasteiger partial charge in [0.25, 0.3) is 0 Å². The van der Waals surface area contributed by atoms with Gasteiger partial charge in [-0.25, -0.2) is 0 Å². The van der Waals surface area contributed by atoms with Crippen LogP contribution in [0.5, 0.6) is 0 Å². The van der Waals surface area contributed by atoms with Crippen molar-refractivity contribution in [1.82, 2.24) is 0 Å². The number of benzene rings is 1. The average molecular weight is 260 g/mol. The molecule has 0 amide bonds. The van der Waals surface area contributed by atoms with Crippen LogP contribution in [0.15, 0.2) is 22.7 Å². The number of nitrogens with one attached hydrogen (secondary N) is 1. The van der Waals surface area contributed by atoms with E-state index in [2.05, 4.69) is 34.2 Å². The number of anilines is 1. The molecule has 0 bridgehead atoms. The number of hydrogen-bond donors (Lipinski definition) is 1. The highest BCUT2D eigenvalue weighted by Gasteiger charge is 2.00. The van der Waals surface area contributed by atoms with Crippen LogP contribution in [0.3, 0.4) is 0 Å². The highest BCUT2D eigenvalue weighted by Crippen LogP contribution is 2.21. The zero-order valence-corrected chi connectivity index (χ0v) is 9.90. The third-order valence-corrected chi connectivity index (χ3v) is 2.57. The molecule has 0 aliphatic heterocycles. The molecule has 0 aliphatic carbocycles. The van der Waals surface area contributed by atoms with Crippen LogP contribution in [-0.4, -0.2) is 13.2 Å². The Morgan fingerprint density at radius 2 is 2.21 bits per heavy atom. The van der Waals surface area contributed by atoms with E-state index in [1.54, 1.807) is 0 Å². The minimum atomic E-state index is -0.259. The van der Waals surface area contributed by atoms with E-state index in [1.807, 2.05) is 12.1 Å². The molecule has 0 unspecified atom stereocenters. The maximum atomic E-state index is 11.9. The van der Waals surface area contributed by atoms with E-state index in [0.717, 1.165) is 16.6 Å². The topological polar surface area (TPSA) is 12.0 Å². The molecule has 0 spiro atoms. The van der Waals surface area contributed by atoms with Crippen LogP contribution in [0, 0.1) is 0 Å². The maximum absolute atomic E-state index is 11.9. The summed E-state index contributed by atoms with van der Waals surface area (Å²) in [4.78, 5) is 0. The van der Waals surface area contributed by atoms with Gasteiger partial charge in [-0.15, -0.1) is 0 Å². The zero-order chi connectivity index (χ0) is 10.4. The van der Waals surface area contributed by atoms with Gasteiger partial charge in [-0.2, -0.15) is 0 Å². The third kappa shape index (κ3) is 3.29. The molecule has 0 saturated carbocycles. The van der Waals surface area contributed by atoms with E-state index in [1.165, 1.54) is 5.56 Å². The van der Waals surface area contributed by atoms with Crippen LogP contribution < -0.4 is 5.32 Å². The molecule has 0 atom stereocenters. The fourth-order valence-corrected chi connectivity index (χ4v) is 1.73. The van der Waals surface area contributed by atoms with Gasteiger partial charge < -0.3 is 5.32 Å². The largest absolute Gasteiger partial charge is 0.385 e. The summed E-state index contributed by atoms with van der Waals surface area (Å²) in [7, 11) is 0. The summed E-state index contributed by atoms with van der Waals surface area (Å²) in [5.41, 5.74) is 2.38. The number of aryl methyl sites for hydroxylation is 1. The molecule has 1 N–H and O–H groups in total. The van der Waals surface area contributed by atoms with Gasteiger partial charge in [-0.3, -0.25) is 4.39 Å². The first-order valence-electron chi connectivity index (χ1n) is 4.86. The molecule has 0 aromatic heterocycles. The van der Waals surface area contributed by atoms with Gasteiger partial charge in [0, 0.05) is 16.7 Å². The predicted octanol–water partition coefficient (Wildman–Crippen LogP) is 3.78. The molecule has 1 aromatic rings. The molecule has 0 radical (unpaired) electrons. The van der Waals surface area contributed by atoms with Crippen LogP contribution >= 0.6 is 15.9 Å². The lowest BCUT2D eigenvalue weighted by Gasteiger charge is -2.10. The summed E-state index contributed by atoms with van der Waals surface area (Å²) in [6.45, 7) is 2.55. The lowest BCUT2D eigenvalue weighted by Crippen LogP contribution is -2.04. The lowest BCUT2D eigenvalue weighted by molar-refractivity contribution is 0.481. The first-order valence-corrected chi connectivity index (χ1v) is 5.65. The van der Waals surface area contributed by atoms with Gasteiger partial charge in [0.15, 0.2) is 0 Å². The van der Waals surface area contributed by atoms with Gasteiger partial charge in [0.05, 0.1) is 6.67 Å². The van der Waals surface area contributed by atoms with E-state index in [4.69, 9.17) is 0 Å². The van der Waals surface area contributed by atoms with Crippen molar-refractivity contribution < 1.29 is 4.39 Å². The van der Waals surface area contributed by atoms with E-state index in [0.29, 0.717) is 13.0 Å². The predicted molar refractivity (Wildman–Crippen MR) is 62.6 cm³/mol. The lowest BCUT2D eigenvalue weighted by atomic mass is 10.1. The normalized spacial score (nSPS) is 10.2. The molecule has 14 heavy (non-hydrogen) atoms. The first kappa shape index (κ1) is 11.5. The van der Waals surface area contributed by atoms with Crippen molar-refractivity contribution >= 4 is 21.6 Å². The Hall–Kier alpha value is -0.570. The Morgan fingerprint density at radius 3 is 2.86 bits per heavy atom. The molecule has 0 saturated heterocycles. The minimum absolute atomic E-state index is 0.259. The highest BCUT2D eigenvalue weighted by atomic mass is 79.9. The molecule has 3 heteroatoms.